The molecule has 0 aliphatic heterocycles. The van der Waals surface area contributed by atoms with Crippen LogP contribution in [0.4, 0.5) is 5.69 Å². The first-order valence-electron chi connectivity index (χ1n) is 5.54. The van der Waals surface area contributed by atoms with Crippen molar-refractivity contribution in [1.82, 2.24) is 0 Å². The van der Waals surface area contributed by atoms with Gasteiger partial charge in [0.25, 0.3) is 0 Å². The first kappa shape index (κ1) is 13.3. The van der Waals surface area contributed by atoms with Crippen LogP contribution in [0.2, 0.25) is 0 Å². The molecule has 19 heavy (non-hydrogen) atoms. The minimum Gasteiger partial charge on any atom is -0.478 e. The van der Waals surface area contributed by atoms with Crippen molar-refractivity contribution < 1.29 is 9.90 Å². The fourth-order valence-corrected chi connectivity index (χ4v) is 1.83. The molecule has 2 N–H and O–H groups in total. The Morgan fingerprint density at radius 3 is 2.47 bits per heavy atom. The molecule has 0 fully saturated rings. The molecule has 0 heterocycles. The Bertz CT molecular complexity index is 609. The van der Waals surface area contributed by atoms with E-state index in [2.05, 4.69) is 26.5 Å². The fraction of sp³-hybridized carbons (Fsp3) is 0. The van der Waals surface area contributed by atoms with Crippen molar-refractivity contribution in [3.8, 4) is 0 Å². The molecule has 0 aromatic heterocycles. The molecule has 2 aromatic rings. The van der Waals surface area contributed by atoms with E-state index in [4.69, 9.17) is 5.11 Å². The Morgan fingerprint density at radius 1 is 1.16 bits per heavy atom. The molecule has 0 saturated heterocycles. The van der Waals surface area contributed by atoms with Crippen molar-refractivity contribution in [3.63, 3.8) is 0 Å². The summed E-state index contributed by atoms with van der Waals surface area (Å²) < 4.78 is 0.960. The lowest BCUT2D eigenvalue weighted by atomic mass is 10.2. The molecule has 2 rings (SSSR count). The number of hydrazone groups is 1. The first-order chi connectivity index (χ1) is 9.16. The molecule has 0 bridgehead atoms. The number of nitrogens with one attached hydrogen (secondary N) is 1. The fourth-order valence-electron chi connectivity index (χ4n) is 1.44. The van der Waals surface area contributed by atoms with Gasteiger partial charge in [-0.05, 0) is 30.3 Å². The van der Waals surface area contributed by atoms with Gasteiger partial charge in [0.1, 0.15) is 0 Å². The second-order valence-corrected chi connectivity index (χ2v) is 4.63. The number of carboxylic acid groups (broad SMARTS) is 1. The van der Waals surface area contributed by atoms with Crippen LogP contribution in [-0.4, -0.2) is 17.3 Å². The van der Waals surface area contributed by atoms with Crippen molar-refractivity contribution in [1.29, 1.82) is 0 Å². The second-order valence-electron chi connectivity index (χ2n) is 3.77. The molecule has 0 atom stereocenters. The van der Waals surface area contributed by atoms with Crippen molar-refractivity contribution in [2.24, 2.45) is 5.10 Å². The van der Waals surface area contributed by atoms with Gasteiger partial charge in [0.2, 0.25) is 0 Å². The average Bonchev–Trinajstić information content (AvgIpc) is 2.41. The molecule has 2 aromatic carbocycles. The Balaban J connectivity index is 2.03. The van der Waals surface area contributed by atoms with E-state index in [0.29, 0.717) is 0 Å². The summed E-state index contributed by atoms with van der Waals surface area (Å²) in [6.45, 7) is 0. The smallest absolute Gasteiger partial charge is 0.335 e. The van der Waals surface area contributed by atoms with Crippen LogP contribution in [0.3, 0.4) is 0 Å². The van der Waals surface area contributed by atoms with Gasteiger partial charge < -0.3 is 5.11 Å². The zero-order valence-electron chi connectivity index (χ0n) is 9.88. The highest BCUT2D eigenvalue weighted by Gasteiger charge is 2.00. The molecule has 5 heteroatoms. The number of halogens is 1. The zero-order valence-corrected chi connectivity index (χ0v) is 11.5. The van der Waals surface area contributed by atoms with Gasteiger partial charge in [0.15, 0.2) is 0 Å². The average molecular weight is 319 g/mol. The largest absolute Gasteiger partial charge is 0.478 e. The summed E-state index contributed by atoms with van der Waals surface area (Å²) in [5.41, 5.74) is 4.78. The quantitative estimate of drug-likeness (QED) is 0.669. The van der Waals surface area contributed by atoms with E-state index in [1.807, 2.05) is 24.3 Å². The molecule has 0 radical (unpaired) electrons. The summed E-state index contributed by atoms with van der Waals surface area (Å²) in [4.78, 5) is 10.7. The van der Waals surface area contributed by atoms with Crippen LogP contribution in [0.5, 0.6) is 0 Å². The van der Waals surface area contributed by atoms with E-state index in [-0.39, 0.29) is 5.56 Å². The Labute approximate surface area is 118 Å². The molecule has 0 aliphatic rings. The number of carbonyl (C=O) groups is 1. The minimum atomic E-state index is -0.941. The standard InChI is InChI=1S/C14H11BrN2O2/c15-13-4-2-1-3-11(13)9-16-17-12-7-5-10(6-8-12)14(18)19/h1-9,17H,(H,18,19)/b16-9-. The van der Waals surface area contributed by atoms with E-state index < -0.39 is 5.97 Å². The van der Waals surface area contributed by atoms with Crippen LogP contribution >= 0.6 is 15.9 Å². The third kappa shape index (κ3) is 3.66. The summed E-state index contributed by atoms with van der Waals surface area (Å²) >= 11 is 3.42. The molecule has 0 unspecified atom stereocenters. The number of benzene rings is 2. The van der Waals surface area contributed by atoms with Gasteiger partial charge in [-0.3, -0.25) is 5.43 Å². The summed E-state index contributed by atoms with van der Waals surface area (Å²) in [6, 6.07) is 14.1. The highest BCUT2D eigenvalue weighted by Crippen LogP contribution is 2.14. The van der Waals surface area contributed by atoms with E-state index >= 15 is 0 Å². The molecule has 0 amide bonds. The van der Waals surface area contributed by atoms with E-state index in [0.717, 1.165) is 15.7 Å². The third-order valence-corrected chi connectivity index (χ3v) is 3.16. The molecule has 96 valence electrons. The van der Waals surface area contributed by atoms with Gasteiger partial charge in [-0.15, -0.1) is 0 Å². The number of carboxylic acids is 1. The predicted molar refractivity (Wildman–Crippen MR) is 78.8 cm³/mol. The Kier molecular flexibility index (Phi) is 4.30. The number of hydrogen-bond donors (Lipinski definition) is 2. The van der Waals surface area contributed by atoms with Gasteiger partial charge in [-0.1, -0.05) is 34.1 Å². The molecular weight excluding hydrogens is 308 g/mol. The summed E-state index contributed by atoms with van der Waals surface area (Å²) in [7, 11) is 0. The lowest BCUT2D eigenvalue weighted by Gasteiger charge is -2.01. The minimum absolute atomic E-state index is 0.250. The Hall–Kier alpha value is -2.14. The van der Waals surface area contributed by atoms with Crippen LogP contribution in [0.25, 0.3) is 0 Å². The van der Waals surface area contributed by atoms with Crippen LogP contribution in [0.1, 0.15) is 15.9 Å². The first-order valence-corrected chi connectivity index (χ1v) is 6.33. The van der Waals surface area contributed by atoms with Crippen LogP contribution in [0.15, 0.2) is 58.1 Å². The number of nitrogens with zero attached hydrogens (tertiary/aromatic N) is 1. The van der Waals surface area contributed by atoms with Crippen molar-refractivity contribution in [3.05, 3.63) is 64.1 Å². The predicted octanol–water partition coefficient (Wildman–Crippen LogP) is 3.59. The zero-order chi connectivity index (χ0) is 13.7. The maximum absolute atomic E-state index is 10.7. The van der Waals surface area contributed by atoms with Gasteiger partial charge in [0, 0.05) is 10.0 Å². The number of hydrogen-bond acceptors (Lipinski definition) is 3. The normalized spacial score (nSPS) is 10.6. The van der Waals surface area contributed by atoms with Crippen LogP contribution in [0, 0.1) is 0 Å². The summed E-state index contributed by atoms with van der Waals surface area (Å²) in [5.74, 6) is -0.941. The maximum atomic E-state index is 10.7. The molecule has 4 nitrogen and oxygen atoms in total. The summed E-state index contributed by atoms with van der Waals surface area (Å²) in [5, 5.41) is 12.9. The van der Waals surface area contributed by atoms with Crippen molar-refractivity contribution >= 4 is 33.8 Å². The molecular formula is C14H11BrN2O2. The molecule has 0 spiro atoms. The highest BCUT2D eigenvalue weighted by molar-refractivity contribution is 9.10. The second kappa shape index (κ2) is 6.15. The van der Waals surface area contributed by atoms with Crippen molar-refractivity contribution in [2.45, 2.75) is 0 Å². The van der Waals surface area contributed by atoms with Gasteiger partial charge in [-0.2, -0.15) is 5.10 Å². The number of rotatable bonds is 4. The lowest BCUT2D eigenvalue weighted by Crippen LogP contribution is -1.96. The SMILES string of the molecule is O=C(O)c1ccc(N/N=C\c2ccccc2Br)cc1. The van der Waals surface area contributed by atoms with Crippen LogP contribution < -0.4 is 5.43 Å². The van der Waals surface area contributed by atoms with E-state index in [1.165, 1.54) is 12.1 Å². The van der Waals surface area contributed by atoms with E-state index in [9.17, 15) is 4.79 Å². The maximum Gasteiger partial charge on any atom is 0.335 e. The number of anilines is 1. The molecule has 0 aliphatic carbocycles. The number of aromatic carboxylic acids is 1. The van der Waals surface area contributed by atoms with E-state index in [1.54, 1.807) is 18.3 Å². The Morgan fingerprint density at radius 2 is 1.84 bits per heavy atom. The summed E-state index contributed by atoms with van der Waals surface area (Å²) in [6.07, 6.45) is 1.69. The third-order valence-electron chi connectivity index (χ3n) is 2.43. The topological polar surface area (TPSA) is 61.7 Å². The highest BCUT2D eigenvalue weighted by atomic mass is 79.9. The van der Waals surface area contributed by atoms with Crippen LogP contribution in [-0.2, 0) is 0 Å². The van der Waals surface area contributed by atoms with Gasteiger partial charge >= 0.3 is 5.97 Å². The lowest BCUT2D eigenvalue weighted by molar-refractivity contribution is 0.0697. The van der Waals surface area contributed by atoms with Gasteiger partial charge in [0.05, 0.1) is 17.5 Å². The molecule has 0 saturated carbocycles. The monoisotopic (exact) mass is 318 g/mol. The van der Waals surface area contributed by atoms with Gasteiger partial charge in [-0.25, -0.2) is 4.79 Å². The van der Waals surface area contributed by atoms with Crippen molar-refractivity contribution in [2.75, 3.05) is 5.43 Å².